The summed E-state index contributed by atoms with van der Waals surface area (Å²) in [6.45, 7) is 7.06. The van der Waals surface area contributed by atoms with E-state index in [1.54, 1.807) is 6.07 Å². The summed E-state index contributed by atoms with van der Waals surface area (Å²) in [5.41, 5.74) is 1.29. The number of hydrogen-bond acceptors (Lipinski definition) is 5. The van der Waals surface area contributed by atoms with Crippen LogP contribution in [-0.4, -0.2) is 52.3 Å². The van der Waals surface area contributed by atoms with Gasteiger partial charge in [-0.15, -0.1) is 0 Å². The maximum atomic E-state index is 12.5. The summed E-state index contributed by atoms with van der Waals surface area (Å²) in [5.74, 6) is -0.0391. The highest BCUT2D eigenvalue weighted by Gasteiger charge is 2.27. The molecule has 0 aliphatic carbocycles. The Morgan fingerprint density at radius 3 is 2.58 bits per heavy atom. The van der Waals surface area contributed by atoms with Gasteiger partial charge in [0, 0.05) is 18.8 Å². The van der Waals surface area contributed by atoms with E-state index in [9.17, 15) is 4.79 Å². The van der Waals surface area contributed by atoms with E-state index in [2.05, 4.69) is 9.97 Å². The number of nitrogens with zero attached hydrogens (tertiary/aromatic N) is 3. The van der Waals surface area contributed by atoms with Crippen molar-refractivity contribution in [2.75, 3.05) is 19.3 Å². The first-order chi connectivity index (χ1) is 8.99. The summed E-state index contributed by atoms with van der Waals surface area (Å²) in [6, 6.07) is 1.74. The summed E-state index contributed by atoms with van der Waals surface area (Å²) in [7, 11) is 0. The first-order valence-corrected chi connectivity index (χ1v) is 7.56. The van der Waals surface area contributed by atoms with Crippen LogP contribution in [0.1, 0.15) is 30.0 Å². The van der Waals surface area contributed by atoms with Crippen LogP contribution in [0.25, 0.3) is 0 Å². The number of ether oxygens (including phenoxy) is 1. The number of morpholine rings is 1. The molecule has 0 saturated carbocycles. The smallest absolute Gasteiger partial charge is 0.272 e. The van der Waals surface area contributed by atoms with Gasteiger partial charge in [-0.3, -0.25) is 4.79 Å². The third-order valence-electron chi connectivity index (χ3n) is 2.94. The molecular weight excluding hydrogens is 262 g/mol. The van der Waals surface area contributed by atoms with Crippen LogP contribution in [-0.2, 0) is 4.74 Å². The molecular formula is C13H19N3O2S. The standard InChI is InChI=1S/C13H19N3O2S/c1-8-5-11(15-13(14-8)19-4)12(17)16-6-9(2)18-10(3)7-16/h5,9-10H,6-7H2,1-4H3. The van der Waals surface area contributed by atoms with Gasteiger partial charge in [0.2, 0.25) is 0 Å². The zero-order chi connectivity index (χ0) is 14.0. The lowest BCUT2D eigenvalue weighted by Crippen LogP contribution is -2.48. The molecule has 2 atom stereocenters. The number of hydrogen-bond donors (Lipinski definition) is 0. The number of carbonyl (C=O) groups is 1. The number of amides is 1. The van der Waals surface area contributed by atoms with Gasteiger partial charge >= 0.3 is 0 Å². The summed E-state index contributed by atoms with van der Waals surface area (Å²) in [5, 5.41) is 0.637. The van der Waals surface area contributed by atoms with E-state index in [0.717, 1.165) is 5.69 Å². The largest absolute Gasteiger partial charge is 0.372 e. The zero-order valence-electron chi connectivity index (χ0n) is 11.7. The van der Waals surface area contributed by atoms with Crippen LogP contribution < -0.4 is 0 Å². The van der Waals surface area contributed by atoms with Crippen molar-refractivity contribution in [2.24, 2.45) is 0 Å². The lowest BCUT2D eigenvalue weighted by Gasteiger charge is -2.35. The van der Waals surface area contributed by atoms with Crippen LogP contribution in [0.5, 0.6) is 0 Å². The van der Waals surface area contributed by atoms with Gasteiger partial charge in [0.15, 0.2) is 5.16 Å². The van der Waals surface area contributed by atoms with Gasteiger partial charge in [-0.25, -0.2) is 9.97 Å². The lowest BCUT2D eigenvalue weighted by molar-refractivity contribution is -0.0587. The highest BCUT2D eigenvalue weighted by Crippen LogP contribution is 2.16. The molecule has 19 heavy (non-hydrogen) atoms. The van der Waals surface area contributed by atoms with E-state index in [-0.39, 0.29) is 18.1 Å². The summed E-state index contributed by atoms with van der Waals surface area (Å²) >= 11 is 1.44. The van der Waals surface area contributed by atoms with Crippen molar-refractivity contribution in [3.05, 3.63) is 17.5 Å². The zero-order valence-corrected chi connectivity index (χ0v) is 12.5. The van der Waals surface area contributed by atoms with E-state index in [0.29, 0.717) is 23.9 Å². The van der Waals surface area contributed by atoms with Gasteiger partial charge in [-0.1, -0.05) is 11.8 Å². The Kier molecular flexibility index (Phi) is 4.42. The number of aryl methyl sites for hydroxylation is 1. The number of rotatable bonds is 2. The summed E-state index contributed by atoms with van der Waals surface area (Å²) in [6.07, 6.45) is 2.04. The van der Waals surface area contributed by atoms with Crippen LogP contribution in [0.15, 0.2) is 11.2 Å². The second-order valence-electron chi connectivity index (χ2n) is 4.85. The Morgan fingerprint density at radius 1 is 1.37 bits per heavy atom. The molecule has 1 aliphatic heterocycles. The predicted molar refractivity (Wildman–Crippen MR) is 74.5 cm³/mol. The highest BCUT2D eigenvalue weighted by molar-refractivity contribution is 7.98. The Labute approximate surface area is 117 Å². The summed E-state index contributed by atoms with van der Waals surface area (Å²) < 4.78 is 5.64. The minimum absolute atomic E-state index is 0.0391. The SMILES string of the molecule is CSc1nc(C)cc(C(=O)N2CC(C)OC(C)C2)n1. The van der Waals surface area contributed by atoms with Crippen LogP contribution in [0.3, 0.4) is 0 Å². The minimum Gasteiger partial charge on any atom is -0.372 e. The third-order valence-corrected chi connectivity index (χ3v) is 3.49. The van der Waals surface area contributed by atoms with Crippen molar-refractivity contribution in [1.29, 1.82) is 0 Å². The van der Waals surface area contributed by atoms with E-state index in [1.165, 1.54) is 11.8 Å². The van der Waals surface area contributed by atoms with Crippen molar-refractivity contribution in [3.63, 3.8) is 0 Å². The van der Waals surface area contributed by atoms with Crippen molar-refractivity contribution in [3.8, 4) is 0 Å². The molecule has 1 aromatic heterocycles. The van der Waals surface area contributed by atoms with Gasteiger partial charge < -0.3 is 9.64 Å². The quantitative estimate of drug-likeness (QED) is 0.610. The molecule has 1 saturated heterocycles. The van der Waals surface area contributed by atoms with Crippen LogP contribution in [0, 0.1) is 6.92 Å². The molecule has 1 fully saturated rings. The molecule has 2 unspecified atom stereocenters. The predicted octanol–water partition coefficient (Wildman–Crippen LogP) is 1.76. The molecule has 1 amide bonds. The Morgan fingerprint density at radius 2 is 2.00 bits per heavy atom. The molecule has 1 aliphatic rings. The van der Waals surface area contributed by atoms with Gasteiger partial charge in [0.25, 0.3) is 5.91 Å². The number of aromatic nitrogens is 2. The topological polar surface area (TPSA) is 55.3 Å². The molecule has 2 heterocycles. The summed E-state index contributed by atoms with van der Waals surface area (Å²) in [4.78, 5) is 22.9. The van der Waals surface area contributed by atoms with E-state index < -0.39 is 0 Å². The molecule has 6 heteroatoms. The van der Waals surface area contributed by atoms with E-state index in [1.807, 2.05) is 31.9 Å². The molecule has 0 radical (unpaired) electrons. The van der Waals surface area contributed by atoms with E-state index in [4.69, 9.17) is 4.74 Å². The monoisotopic (exact) mass is 281 g/mol. The normalized spacial score (nSPS) is 23.5. The second kappa shape index (κ2) is 5.88. The van der Waals surface area contributed by atoms with Gasteiger partial charge in [-0.05, 0) is 33.1 Å². The fraction of sp³-hybridized carbons (Fsp3) is 0.615. The van der Waals surface area contributed by atoms with Crippen molar-refractivity contribution in [2.45, 2.75) is 38.1 Å². The number of carbonyl (C=O) groups excluding carboxylic acids is 1. The third kappa shape index (κ3) is 3.45. The first kappa shape index (κ1) is 14.3. The average molecular weight is 281 g/mol. The molecule has 0 aromatic carbocycles. The van der Waals surface area contributed by atoms with Crippen molar-refractivity contribution < 1.29 is 9.53 Å². The number of thioether (sulfide) groups is 1. The molecule has 2 rings (SSSR count). The van der Waals surface area contributed by atoms with Crippen LogP contribution >= 0.6 is 11.8 Å². The Hall–Kier alpha value is -1.14. The van der Waals surface area contributed by atoms with Crippen molar-refractivity contribution >= 4 is 17.7 Å². The van der Waals surface area contributed by atoms with E-state index >= 15 is 0 Å². The highest BCUT2D eigenvalue weighted by atomic mass is 32.2. The fourth-order valence-corrected chi connectivity index (χ4v) is 2.67. The minimum atomic E-state index is -0.0391. The lowest BCUT2D eigenvalue weighted by atomic mass is 10.2. The van der Waals surface area contributed by atoms with Crippen LogP contribution in [0.4, 0.5) is 0 Å². The maximum absolute atomic E-state index is 12.5. The van der Waals surface area contributed by atoms with Gasteiger partial charge in [-0.2, -0.15) is 0 Å². The van der Waals surface area contributed by atoms with Gasteiger partial charge in [0.1, 0.15) is 5.69 Å². The van der Waals surface area contributed by atoms with Gasteiger partial charge in [0.05, 0.1) is 12.2 Å². The average Bonchev–Trinajstić information content (AvgIpc) is 2.35. The molecule has 0 bridgehead atoms. The molecule has 5 nitrogen and oxygen atoms in total. The van der Waals surface area contributed by atoms with Crippen molar-refractivity contribution in [1.82, 2.24) is 14.9 Å². The molecule has 0 N–H and O–H groups in total. The first-order valence-electron chi connectivity index (χ1n) is 6.34. The fourth-order valence-electron chi connectivity index (χ4n) is 2.25. The Bertz CT molecular complexity index is 471. The second-order valence-corrected chi connectivity index (χ2v) is 5.62. The van der Waals surface area contributed by atoms with Crippen LogP contribution in [0.2, 0.25) is 0 Å². The molecule has 0 spiro atoms. The Balaban J connectivity index is 2.21. The molecule has 104 valence electrons. The molecule has 1 aromatic rings. The maximum Gasteiger partial charge on any atom is 0.272 e.